The number of likely N-dealkylation sites (tertiary alicyclic amines) is 1. The van der Waals surface area contributed by atoms with Crippen LogP contribution < -0.4 is 9.47 Å². The van der Waals surface area contributed by atoms with Gasteiger partial charge in [-0.3, -0.25) is 4.79 Å². The van der Waals surface area contributed by atoms with Crippen LogP contribution in [-0.4, -0.2) is 37.1 Å². The molecule has 1 aromatic rings. The summed E-state index contributed by atoms with van der Waals surface area (Å²) in [5.41, 5.74) is 0. The van der Waals surface area contributed by atoms with E-state index in [-0.39, 0.29) is 5.91 Å². The minimum absolute atomic E-state index is 0.0674. The molecule has 110 valence electrons. The quantitative estimate of drug-likeness (QED) is 0.849. The Kier molecular flexibility index (Phi) is 5.27. The maximum absolute atomic E-state index is 12.4. The highest BCUT2D eigenvalue weighted by molar-refractivity contribution is 5.81. The van der Waals surface area contributed by atoms with Crippen molar-refractivity contribution in [3.8, 4) is 11.5 Å². The van der Waals surface area contributed by atoms with Crippen LogP contribution in [0.25, 0.3) is 0 Å². The molecule has 0 radical (unpaired) electrons. The van der Waals surface area contributed by atoms with Crippen molar-refractivity contribution in [3.63, 3.8) is 0 Å². The van der Waals surface area contributed by atoms with Crippen LogP contribution in [0.5, 0.6) is 11.5 Å². The van der Waals surface area contributed by atoms with E-state index in [1.807, 2.05) is 29.2 Å². The van der Waals surface area contributed by atoms with Crippen LogP contribution in [0.15, 0.2) is 24.3 Å². The van der Waals surface area contributed by atoms with E-state index in [2.05, 4.69) is 0 Å². The van der Waals surface area contributed by atoms with Crippen molar-refractivity contribution in [1.29, 1.82) is 0 Å². The van der Waals surface area contributed by atoms with Crippen LogP contribution in [-0.2, 0) is 4.79 Å². The Labute approximate surface area is 120 Å². The molecule has 1 amide bonds. The van der Waals surface area contributed by atoms with Crippen LogP contribution in [0.3, 0.4) is 0 Å². The van der Waals surface area contributed by atoms with Crippen LogP contribution in [0.2, 0.25) is 0 Å². The number of hydrogen-bond donors (Lipinski definition) is 0. The first-order valence-electron chi connectivity index (χ1n) is 7.31. The minimum Gasteiger partial charge on any atom is -0.493 e. The van der Waals surface area contributed by atoms with E-state index in [1.54, 1.807) is 14.0 Å². The van der Waals surface area contributed by atoms with Gasteiger partial charge in [-0.1, -0.05) is 25.0 Å². The van der Waals surface area contributed by atoms with Crippen molar-refractivity contribution in [2.24, 2.45) is 0 Å². The first kappa shape index (κ1) is 14.7. The molecule has 1 fully saturated rings. The van der Waals surface area contributed by atoms with E-state index < -0.39 is 6.10 Å². The maximum atomic E-state index is 12.4. The highest BCUT2D eigenvalue weighted by atomic mass is 16.5. The lowest BCUT2D eigenvalue weighted by Crippen LogP contribution is -2.41. The number of ether oxygens (including phenoxy) is 2. The second-order valence-corrected chi connectivity index (χ2v) is 5.15. The first-order chi connectivity index (χ1) is 9.72. The van der Waals surface area contributed by atoms with Gasteiger partial charge in [0, 0.05) is 13.1 Å². The minimum atomic E-state index is -0.482. The largest absolute Gasteiger partial charge is 0.493 e. The fraction of sp³-hybridized carbons (Fsp3) is 0.562. The summed E-state index contributed by atoms with van der Waals surface area (Å²) in [4.78, 5) is 14.3. The van der Waals surface area contributed by atoms with E-state index in [9.17, 15) is 4.79 Å². The van der Waals surface area contributed by atoms with Crippen LogP contribution in [0.4, 0.5) is 0 Å². The molecule has 4 heteroatoms. The lowest BCUT2D eigenvalue weighted by Gasteiger charge is -2.25. The van der Waals surface area contributed by atoms with Gasteiger partial charge in [-0.15, -0.1) is 0 Å². The second-order valence-electron chi connectivity index (χ2n) is 5.15. The Hall–Kier alpha value is -1.71. The predicted octanol–water partition coefficient (Wildman–Crippen LogP) is 2.87. The summed E-state index contributed by atoms with van der Waals surface area (Å²) < 4.78 is 11.0. The highest BCUT2D eigenvalue weighted by Gasteiger charge is 2.23. The van der Waals surface area contributed by atoms with Crippen LogP contribution in [0.1, 0.15) is 32.6 Å². The molecule has 1 heterocycles. The zero-order chi connectivity index (χ0) is 14.4. The Morgan fingerprint density at radius 1 is 1.10 bits per heavy atom. The van der Waals surface area contributed by atoms with Gasteiger partial charge in [0.25, 0.3) is 5.91 Å². The molecule has 0 bridgehead atoms. The summed E-state index contributed by atoms with van der Waals surface area (Å²) in [5, 5.41) is 0. The molecule has 1 aromatic carbocycles. The Balaban J connectivity index is 1.99. The van der Waals surface area contributed by atoms with Gasteiger partial charge in [0.1, 0.15) is 0 Å². The third-order valence-corrected chi connectivity index (χ3v) is 3.64. The average molecular weight is 277 g/mol. The number of nitrogens with zero attached hydrogens (tertiary/aromatic N) is 1. The first-order valence-corrected chi connectivity index (χ1v) is 7.31. The SMILES string of the molecule is COc1ccccc1O[C@@H](C)C(=O)N1CCCCCC1. The van der Waals surface area contributed by atoms with Crippen molar-refractivity contribution in [2.75, 3.05) is 20.2 Å². The molecule has 4 nitrogen and oxygen atoms in total. The lowest BCUT2D eigenvalue weighted by molar-refractivity contribution is -0.137. The summed E-state index contributed by atoms with van der Waals surface area (Å²) in [6.07, 6.45) is 4.13. The van der Waals surface area contributed by atoms with Crippen LogP contribution in [0, 0.1) is 0 Å². The molecule has 0 N–H and O–H groups in total. The predicted molar refractivity (Wildman–Crippen MR) is 78.1 cm³/mol. The molecule has 20 heavy (non-hydrogen) atoms. The summed E-state index contributed by atoms with van der Waals surface area (Å²) in [6.45, 7) is 3.50. The number of benzene rings is 1. The zero-order valence-corrected chi connectivity index (χ0v) is 12.3. The normalized spacial score (nSPS) is 17.2. The second kappa shape index (κ2) is 7.17. The maximum Gasteiger partial charge on any atom is 0.263 e. The average Bonchev–Trinajstić information content (AvgIpc) is 2.76. The molecule has 2 rings (SSSR count). The topological polar surface area (TPSA) is 38.8 Å². The van der Waals surface area contributed by atoms with Crippen molar-refractivity contribution >= 4 is 5.91 Å². The van der Waals surface area contributed by atoms with E-state index >= 15 is 0 Å². The standard InChI is InChI=1S/C16H23NO3/c1-13(16(18)17-11-7-3-4-8-12-17)20-15-10-6-5-9-14(15)19-2/h5-6,9-10,13H,3-4,7-8,11-12H2,1-2H3/t13-/m0/s1. The Bertz CT molecular complexity index is 439. The summed E-state index contributed by atoms with van der Waals surface area (Å²) in [6, 6.07) is 7.41. The molecule has 0 saturated carbocycles. The molecule has 0 aromatic heterocycles. The number of rotatable bonds is 4. The van der Waals surface area contributed by atoms with Gasteiger partial charge >= 0.3 is 0 Å². The Morgan fingerprint density at radius 3 is 2.30 bits per heavy atom. The van der Waals surface area contributed by atoms with Gasteiger partial charge < -0.3 is 14.4 Å². The van der Waals surface area contributed by atoms with Gasteiger partial charge in [-0.2, -0.15) is 0 Å². The fourth-order valence-electron chi connectivity index (χ4n) is 2.51. The molecule has 1 aliphatic heterocycles. The van der Waals surface area contributed by atoms with E-state index in [0.717, 1.165) is 25.9 Å². The number of amides is 1. The van der Waals surface area contributed by atoms with Gasteiger partial charge in [0.2, 0.25) is 0 Å². The molecule has 0 spiro atoms. The number of carbonyl (C=O) groups excluding carboxylic acids is 1. The van der Waals surface area contributed by atoms with Crippen molar-refractivity contribution in [2.45, 2.75) is 38.7 Å². The third-order valence-electron chi connectivity index (χ3n) is 3.64. The number of hydrogen-bond acceptors (Lipinski definition) is 3. The molecule has 1 atom stereocenters. The lowest BCUT2D eigenvalue weighted by atomic mass is 10.2. The van der Waals surface area contributed by atoms with E-state index in [0.29, 0.717) is 11.5 Å². The number of para-hydroxylation sites is 2. The summed E-state index contributed by atoms with van der Waals surface area (Å²) in [7, 11) is 1.60. The molecular weight excluding hydrogens is 254 g/mol. The van der Waals surface area contributed by atoms with Crippen LogP contribution >= 0.6 is 0 Å². The third kappa shape index (κ3) is 3.65. The summed E-state index contributed by atoms with van der Waals surface area (Å²) in [5.74, 6) is 1.34. The van der Waals surface area contributed by atoms with Gasteiger partial charge in [-0.05, 0) is 31.9 Å². The highest BCUT2D eigenvalue weighted by Crippen LogP contribution is 2.27. The van der Waals surface area contributed by atoms with Crippen molar-refractivity contribution < 1.29 is 14.3 Å². The van der Waals surface area contributed by atoms with E-state index in [4.69, 9.17) is 9.47 Å². The number of methoxy groups -OCH3 is 1. The van der Waals surface area contributed by atoms with Crippen molar-refractivity contribution in [1.82, 2.24) is 4.90 Å². The fourth-order valence-corrected chi connectivity index (χ4v) is 2.51. The molecule has 1 saturated heterocycles. The molecule has 0 unspecified atom stereocenters. The van der Waals surface area contributed by atoms with Gasteiger partial charge in [0.05, 0.1) is 7.11 Å². The zero-order valence-electron chi connectivity index (χ0n) is 12.3. The van der Waals surface area contributed by atoms with Gasteiger partial charge in [-0.25, -0.2) is 0 Å². The summed E-state index contributed by atoms with van der Waals surface area (Å²) >= 11 is 0. The van der Waals surface area contributed by atoms with Gasteiger partial charge in [0.15, 0.2) is 17.6 Å². The van der Waals surface area contributed by atoms with Crippen molar-refractivity contribution in [3.05, 3.63) is 24.3 Å². The smallest absolute Gasteiger partial charge is 0.263 e. The molecular formula is C16H23NO3. The monoisotopic (exact) mass is 277 g/mol. The van der Waals surface area contributed by atoms with E-state index in [1.165, 1.54) is 12.8 Å². The number of carbonyl (C=O) groups is 1. The Morgan fingerprint density at radius 2 is 1.70 bits per heavy atom. The molecule has 1 aliphatic rings. The molecule has 0 aliphatic carbocycles.